The van der Waals surface area contributed by atoms with Gasteiger partial charge < -0.3 is 4.98 Å². The third-order valence-electron chi connectivity index (χ3n) is 6.07. The third-order valence-corrected chi connectivity index (χ3v) is 6.92. The van der Waals surface area contributed by atoms with Crippen LogP contribution in [0.1, 0.15) is 11.1 Å². The Labute approximate surface area is 196 Å². The van der Waals surface area contributed by atoms with E-state index < -0.39 is 10.1 Å². The van der Waals surface area contributed by atoms with Crippen LogP contribution in [-0.2, 0) is 16.5 Å². The minimum atomic E-state index is -4.25. The minimum absolute atomic E-state index is 0.141. The lowest BCUT2D eigenvalue weighted by atomic mass is 9.99. The van der Waals surface area contributed by atoms with Gasteiger partial charge in [0.15, 0.2) is 0 Å². The molecule has 0 atom stereocenters. The number of hydrogen-bond acceptors (Lipinski definition) is 4. The van der Waals surface area contributed by atoms with E-state index >= 15 is 0 Å². The zero-order valence-electron chi connectivity index (χ0n) is 17.9. The minimum Gasteiger partial charge on any atom is -0.338 e. The number of fused-ring (bicyclic) bond motifs is 2. The molecule has 1 aliphatic heterocycles. The van der Waals surface area contributed by atoms with Crippen LogP contribution in [0.4, 0.5) is 5.69 Å². The van der Waals surface area contributed by atoms with Gasteiger partial charge in [0.05, 0.1) is 27.3 Å². The van der Waals surface area contributed by atoms with Gasteiger partial charge in [-0.15, -0.1) is 0 Å². The van der Waals surface area contributed by atoms with Crippen molar-refractivity contribution in [2.75, 3.05) is 0 Å². The van der Waals surface area contributed by atoms with Crippen molar-refractivity contribution in [3.63, 3.8) is 0 Å². The molecule has 7 heteroatoms. The Bertz CT molecular complexity index is 1650. The van der Waals surface area contributed by atoms with Crippen LogP contribution in [0.3, 0.4) is 0 Å². The molecule has 1 aromatic heterocycles. The molecule has 0 fully saturated rings. The summed E-state index contributed by atoms with van der Waals surface area (Å²) in [6, 6.07) is 28.9. The SMILES string of the molecule is O=S(=O)(O)c1ccc2c(c1)N=C(c1ccc(-c3ccc(-c4nc5ccccc5[nH]4)cc3)cc1)C2. The van der Waals surface area contributed by atoms with Crippen LogP contribution < -0.4 is 0 Å². The average Bonchev–Trinajstić information content (AvgIpc) is 3.48. The lowest BCUT2D eigenvalue weighted by molar-refractivity contribution is 0.483. The van der Waals surface area contributed by atoms with Gasteiger partial charge in [-0.05, 0) is 46.5 Å². The lowest BCUT2D eigenvalue weighted by Gasteiger charge is -2.06. The van der Waals surface area contributed by atoms with Gasteiger partial charge in [0.25, 0.3) is 10.1 Å². The Kier molecular flexibility index (Phi) is 4.69. The van der Waals surface area contributed by atoms with E-state index in [1.165, 1.54) is 12.1 Å². The molecule has 34 heavy (non-hydrogen) atoms. The Balaban J connectivity index is 1.23. The molecule has 0 unspecified atom stereocenters. The molecule has 6 nitrogen and oxygen atoms in total. The smallest absolute Gasteiger partial charge is 0.294 e. The first-order valence-electron chi connectivity index (χ1n) is 10.8. The van der Waals surface area contributed by atoms with Crippen molar-refractivity contribution in [1.82, 2.24) is 9.97 Å². The first-order chi connectivity index (χ1) is 16.4. The highest BCUT2D eigenvalue weighted by Crippen LogP contribution is 2.32. The van der Waals surface area contributed by atoms with E-state index in [9.17, 15) is 13.0 Å². The quantitative estimate of drug-likeness (QED) is 0.327. The van der Waals surface area contributed by atoms with Crippen LogP contribution in [0, 0.1) is 0 Å². The Morgan fingerprint density at radius 3 is 2.09 bits per heavy atom. The predicted octanol–water partition coefficient (Wildman–Crippen LogP) is 5.82. The molecule has 0 amide bonds. The molecule has 0 radical (unpaired) electrons. The Hall–Kier alpha value is -4.07. The number of H-pyrrole nitrogens is 1. The number of aromatic amines is 1. The third kappa shape index (κ3) is 3.71. The van der Waals surface area contributed by atoms with Crippen LogP contribution >= 0.6 is 0 Å². The van der Waals surface area contributed by atoms with Crippen LogP contribution in [0.25, 0.3) is 33.5 Å². The van der Waals surface area contributed by atoms with Gasteiger partial charge >= 0.3 is 0 Å². The van der Waals surface area contributed by atoms with Crippen LogP contribution in [0.15, 0.2) is 101 Å². The van der Waals surface area contributed by atoms with Gasteiger partial charge in [0.1, 0.15) is 5.82 Å². The highest BCUT2D eigenvalue weighted by molar-refractivity contribution is 7.85. The number of nitrogens with zero attached hydrogens (tertiary/aromatic N) is 2. The number of aliphatic imine (C=N–C) groups is 1. The standard InChI is InChI=1S/C27H19N3O3S/c31-34(32,33)22-14-13-21-15-25(28-26(21)16-22)19-9-5-17(6-10-19)18-7-11-20(12-8-18)27-29-23-3-1-2-4-24(23)30-27/h1-14,16H,15H2,(H,29,30)(H,31,32,33). The fraction of sp³-hybridized carbons (Fsp3) is 0.0370. The molecule has 2 heterocycles. The van der Waals surface area contributed by atoms with Crippen molar-refractivity contribution in [3.8, 4) is 22.5 Å². The van der Waals surface area contributed by atoms with Crippen molar-refractivity contribution in [2.45, 2.75) is 11.3 Å². The fourth-order valence-corrected chi connectivity index (χ4v) is 4.76. The topological polar surface area (TPSA) is 95.4 Å². The number of benzene rings is 4. The molecule has 0 spiro atoms. The lowest BCUT2D eigenvalue weighted by Crippen LogP contribution is -2.00. The highest BCUT2D eigenvalue weighted by Gasteiger charge is 2.19. The van der Waals surface area contributed by atoms with E-state index in [1.54, 1.807) is 6.07 Å². The second-order valence-corrected chi connectivity index (χ2v) is 9.68. The van der Waals surface area contributed by atoms with E-state index in [-0.39, 0.29) is 4.90 Å². The van der Waals surface area contributed by atoms with Gasteiger partial charge in [-0.1, -0.05) is 66.7 Å². The van der Waals surface area contributed by atoms with Gasteiger partial charge in [0, 0.05) is 12.0 Å². The normalized spacial score (nSPS) is 13.1. The summed E-state index contributed by atoms with van der Waals surface area (Å²) in [4.78, 5) is 12.5. The number of aromatic nitrogens is 2. The van der Waals surface area contributed by atoms with Crippen LogP contribution in [0.5, 0.6) is 0 Å². The van der Waals surface area contributed by atoms with Crippen molar-refractivity contribution >= 4 is 32.6 Å². The molecule has 6 rings (SSSR count). The predicted molar refractivity (Wildman–Crippen MR) is 133 cm³/mol. The van der Waals surface area contributed by atoms with Crippen LogP contribution in [0.2, 0.25) is 0 Å². The molecule has 4 aromatic carbocycles. The summed E-state index contributed by atoms with van der Waals surface area (Å²) in [5.74, 6) is 0.846. The van der Waals surface area contributed by atoms with E-state index in [2.05, 4.69) is 51.4 Å². The summed E-state index contributed by atoms with van der Waals surface area (Å²) < 4.78 is 32.1. The summed E-state index contributed by atoms with van der Waals surface area (Å²) in [6.45, 7) is 0. The number of para-hydroxylation sites is 2. The highest BCUT2D eigenvalue weighted by atomic mass is 32.2. The molecule has 2 N–H and O–H groups in total. The first-order valence-corrected chi connectivity index (χ1v) is 12.2. The molecule has 1 aliphatic rings. The molecule has 0 saturated heterocycles. The first kappa shape index (κ1) is 20.5. The number of imidazole rings is 1. The van der Waals surface area contributed by atoms with Gasteiger partial charge in [0.2, 0.25) is 0 Å². The molecular formula is C27H19N3O3S. The molecule has 5 aromatic rings. The number of rotatable bonds is 4. The van der Waals surface area contributed by atoms with Crippen LogP contribution in [-0.4, -0.2) is 28.7 Å². The van der Waals surface area contributed by atoms with Crippen molar-refractivity contribution in [1.29, 1.82) is 0 Å². The van der Waals surface area contributed by atoms with Gasteiger partial charge in [-0.2, -0.15) is 8.42 Å². The largest absolute Gasteiger partial charge is 0.338 e. The van der Waals surface area contributed by atoms with Gasteiger partial charge in [-0.25, -0.2) is 4.98 Å². The summed E-state index contributed by atoms with van der Waals surface area (Å²) in [5.41, 5.74) is 8.54. The maximum atomic E-state index is 11.4. The van der Waals surface area contributed by atoms with E-state index in [0.29, 0.717) is 12.1 Å². The second kappa shape index (κ2) is 7.76. The Morgan fingerprint density at radius 1 is 0.765 bits per heavy atom. The summed E-state index contributed by atoms with van der Waals surface area (Å²) >= 11 is 0. The fourth-order valence-electron chi connectivity index (χ4n) is 4.25. The van der Waals surface area contributed by atoms with Gasteiger partial charge in [-0.3, -0.25) is 9.55 Å². The van der Waals surface area contributed by atoms with E-state index in [1.807, 2.05) is 36.4 Å². The van der Waals surface area contributed by atoms with E-state index in [0.717, 1.165) is 50.4 Å². The number of nitrogens with one attached hydrogen (secondary N) is 1. The van der Waals surface area contributed by atoms with E-state index in [4.69, 9.17) is 0 Å². The Morgan fingerprint density at radius 2 is 1.41 bits per heavy atom. The zero-order chi connectivity index (χ0) is 23.3. The zero-order valence-corrected chi connectivity index (χ0v) is 18.8. The monoisotopic (exact) mass is 465 g/mol. The van der Waals surface area contributed by atoms with Crippen molar-refractivity contribution < 1.29 is 13.0 Å². The summed E-state index contributed by atoms with van der Waals surface area (Å²) in [5, 5.41) is 0. The summed E-state index contributed by atoms with van der Waals surface area (Å²) in [6.07, 6.45) is 0.618. The second-order valence-electron chi connectivity index (χ2n) is 8.26. The van der Waals surface area contributed by atoms with Crippen molar-refractivity contribution in [3.05, 3.63) is 102 Å². The maximum absolute atomic E-state index is 11.4. The molecule has 0 saturated carbocycles. The number of hydrogen-bond donors (Lipinski definition) is 2. The molecule has 0 aliphatic carbocycles. The molecular weight excluding hydrogens is 446 g/mol. The average molecular weight is 466 g/mol. The summed E-state index contributed by atoms with van der Waals surface area (Å²) in [7, 11) is -4.25. The molecule has 0 bridgehead atoms. The van der Waals surface area contributed by atoms with Crippen molar-refractivity contribution in [2.24, 2.45) is 4.99 Å². The maximum Gasteiger partial charge on any atom is 0.294 e. The molecule has 166 valence electrons.